The molecule has 18 heavy (non-hydrogen) atoms. The first-order valence-electron chi connectivity index (χ1n) is 5.80. The maximum absolute atomic E-state index is 12.0. The third-order valence-corrected chi connectivity index (χ3v) is 5.30. The summed E-state index contributed by atoms with van der Waals surface area (Å²) in [7, 11) is -1.33. The van der Waals surface area contributed by atoms with E-state index >= 15 is 0 Å². The highest BCUT2D eigenvalue weighted by atomic mass is 32.2. The molecule has 0 radical (unpaired) electrons. The highest BCUT2D eigenvalue weighted by Gasteiger charge is 2.20. The third-order valence-electron chi connectivity index (χ3n) is 3.15. The summed E-state index contributed by atoms with van der Waals surface area (Å²) in [6.45, 7) is 3.33. The van der Waals surface area contributed by atoms with Crippen LogP contribution in [0.25, 0.3) is 10.9 Å². The van der Waals surface area contributed by atoms with E-state index in [0.29, 0.717) is 10.9 Å². The first-order chi connectivity index (χ1) is 8.33. The first kappa shape index (κ1) is 13.0. The van der Waals surface area contributed by atoms with Crippen molar-refractivity contribution in [1.82, 2.24) is 4.57 Å². The maximum atomic E-state index is 12.0. The highest BCUT2D eigenvalue weighted by Crippen LogP contribution is 2.30. The molecule has 0 aliphatic carbocycles. The van der Waals surface area contributed by atoms with Gasteiger partial charge in [-0.25, -0.2) is 8.42 Å². The number of sulfone groups is 1. The van der Waals surface area contributed by atoms with E-state index in [1.54, 1.807) is 32.2 Å². The van der Waals surface area contributed by atoms with Crippen LogP contribution in [-0.2, 0) is 22.6 Å². The van der Waals surface area contributed by atoms with E-state index in [-0.39, 0.29) is 11.5 Å². The monoisotopic (exact) mass is 267 g/mol. The number of rotatable bonds is 3. The molecule has 5 heteroatoms. The van der Waals surface area contributed by atoms with Gasteiger partial charge in [0.15, 0.2) is 9.84 Å². The summed E-state index contributed by atoms with van der Waals surface area (Å²) in [4.78, 5) is 0. The molecule has 0 fully saturated rings. The van der Waals surface area contributed by atoms with Gasteiger partial charge in [0.25, 0.3) is 0 Å². The second kappa shape index (κ2) is 4.31. The summed E-state index contributed by atoms with van der Waals surface area (Å²) in [5.74, 6) is 0.0848. The second-order valence-electron chi connectivity index (χ2n) is 4.79. The summed E-state index contributed by atoms with van der Waals surface area (Å²) >= 11 is 0. The molecule has 0 spiro atoms. The lowest BCUT2D eigenvalue weighted by Crippen LogP contribution is -2.15. The Morgan fingerprint density at radius 1 is 1.33 bits per heavy atom. The highest BCUT2D eigenvalue weighted by molar-refractivity contribution is 7.91. The Labute approximate surface area is 107 Å². The van der Waals surface area contributed by atoms with Crippen molar-refractivity contribution >= 4 is 20.7 Å². The number of aromatic nitrogens is 1. The van der Waals surface area contributed by atoms with Crippen LogP contribution in [0.5, 0.6) is 5.75 Å². The Balaban J connectivity index is 2.60. The minimum atomic E-state index is -3.17. The van der Waals surface area contributed by atoms with Crippen LogP contribution in [0.15, 0.2) is 24.4 Å². The molecule has 1 aromatic carbocycles. The molecule has 0 atom stereocenters. The predicted octanol–water partition coefficient (Wildman–Crippen LogP) is 2.21. The van der Waals surface area contributed by atoms with E-state index in [1.807, 2.05) is 17.7 Å². The van der Waals surface area contributed by atoms with Gasteiger partial charge in [-0.05, 0) is 31.5 Å². The fraction of sp³-hybridized carbons (Fsp3) is 0.385. The molecule has 0 aliphatic rings. The van der Waals surface area contributed by atoms with Crippen LogP contribution < -0.4 is 0 Å². The average Bonchev–Trinajstić information content (AvgIpc) is 2.56. The zero-order valence-corrected chi connectivity index (χ0v) is 11.5. The van der Waals surface area contributed by atoms with E-state index < -0.39 is 15.1 Å². The number of phenolic OH excluding ortho intramolecular Hbond substituents is 1. The lowest BCUT2D eigenvalue weighted by molar-refractivity contribution is 0.481. The maximum Gasteiger partial charge on any atom is 0.156 e. The Kier molecular flexibility index (Phi) is 3.11. The van der Waals surface area contributed by atoms with Crippen molar-refractivity contribution in [2.75, 3.05) is 0 Å². The van der Waals surface area contributed by atoms with Crippen LogP contribution in [0.4, 0.5) is 0 Å². The van der Waals surface area contributed by atoms with E-state index in [4.69, 9.17) is 0 Å². The predicted molar refractivity (Wildman–Crippen MR) is 72.3 cm³/mol. The summed E-state index contributed by atoms with van der Waals surface area (Å²) in [5, 5.41) is 10.1. The zero-order valence-electron chi connectivity index (χ0n) is 10.7. The van der Waals surface area contributed by atoms with Gasteiger partial charge in [-0.3, -0.25) is 0 Å². The number of aromatic hydroxyl groups is 1. The van der Waals surface area contributed by atoms with Crippen molar-refractivity contribution in [3.8, 4) is 5.75 Å². The number of benzene rings is 1. The fourth-order valence-corrected chi connectivity index (χ4v) is 3.00. The molecule has 2 rings (SSSR count). The molecule has 1 aromatic heterocycles. The van der Waals surface area contributed by atoms with Gasteiger partial charge in [0.2, 0.25) is 0 Å². The van der Waals surface area contributed by atoms with Crippen LogP contribution >= 0.6 is 0 Å². The topological polar surface area (TPSA) is 59.3 Å². The Morgan fingerprint density at radius 2 is 2.00 bits per heavy atom. The van der Waals surface area contributed by atoms with Gasteiger partial charge in [-0.2, -0.15) is 0 Å². The SMILES string of the molecule is CC(C)S(=O)(=O)Cc1cn(C)c2cccc(O)c12. The number of phenols is 1. The van der Waals surface area contributed by atoms with E-state index in [9.17, 15) is 13.5 Å². The van der Waals surface area contributed by atoms with Crippen LogP contribution in [-0.4, -0.2) is 23.3 Å². The van der Waals surface area contributed by atoms with Gasteiger partial charge in [0.1, 0.15) is 5.75 Å². The Morgan fingerprint density at radius 3 is 2.61 bits per heavy atom. The van der Waals surface area contributed by atoms with Crippen molar-refractivity contribution < 1.29 is 13.5 Å². The van der Waals surface area contributed by atoms with Crippen molar-refractivity contribution in [2.45, 2.75) is 24.9 Å². The summed E-state index contributed by atoms with van der Waals surface area (Å²) in [5.41, 5.74) is 1.49. The smallest absolute Gasteiger partial charge is 0.156 e. The normalized spacial score (nSPS) is 12.4. The molecule has 1 N–H and O–H groups in total. The van der Waals surface area contributed by atoms with Gasteiger partial charge in [0, 0.05) is 18.6 Å². The number of nitrogens with zero attached hydrogens (tertiary/aromatic N) is 1. The van der Waals surface area contributed by atoms with Gasteiger partial charge >= 0.3 is 0 Å². The minimum absolute atomic E-state index is 0.0421. The number of hydrogen-bond acceptors (Lipinski definition) is 3. The molecule has 98 valence electrons. The van der Waals surface area contributed by atoms with E-state index in [2.05, 4.69) is 0 Å². The van der Waals surface area contributed by atoms with Gasteiger partial charge in [-0.1, -0.05) is 6.07 Å². The first-order valence-corrected chi connectivity index (χ1v) is 7.52. The summed E-state index contributed by atoms with van der Waals surface area (Å²) in [6, 6.07) is 5.19. The molecule has 1 heterocycles. The largest absolute Gasteiger partial charge is 0.507 e. The molecule has 0 saturated heterocycles. The van der Waals surface area contributed by atoms with Crippen LogP contribution in [0, 0.1) is 0 Å². The molecular weight excluding hydrogens is 250 g/mol. The van der Waals surface area contributed by atoms with Gasteiger partial charge < -0.3 is 9.67 Å². The summed E-state index contributed by atoms with van der Waals surface area (Å²) < 4.78 is 25.8. The number of hydrogen-bond donors (Lipinski definition) is 1. The molecule has 0 aliphatic heterocycles. The Bertz CT molecular complexity index is 684. The molecule has 0 amide bonds. The van der Waals surface area contributed by atoms with Gasteiger partial charge in [0.05, 0.1) is 16.5 Å². The number of fused-ring (bicyclic) bond motifs is 1. The van der Waals surface area contributed by atoms with Crippen LogP contribution in [0.1, 0.15) is 19.4 Å². The molecule has 4 nitrogen and oxygen atoms in total. The van der Waals surface area contributed by atoms with Crippen molar-refractivity contribution in [3.05, 3.63) is 30.0 Å². The second-order valence-corrected chi connectivity index (χ2v) is 7.35. The molecular formula is C13H17NO3S. The Hall–Kier alpha value is -1.49. The number of aryl methyl sites for hydroxylation is 1. The van der Waals surface area contributed by atoms with E-state index in [1.165, 1.54) is 0 Å². The van der Waals surface area contributed by atoms with Crippen LogP contribution in [0.2, 0.25) is 0 Å². The lowest BCUT2D eigenvalue weighted by atomic mass is 10.2. The van der Waals surface area contributed by atoms with E-state index in [0.717, 1.165) is 5.52 Å². The van der Waals surface area contributed by atoms with Crippen molar-refractivity contribution in [3.63, 3.8) is 0 Å². The molecule has 0 bridgehead atoms. The zero-order chi connectivity index (χ0) is 13.5. The average molecular weight is 267 g/mol. The van der Waals surface area contributed by atoms with Crippen LogP contribution in [0.3, 0.4) is 0 Å². The lowest BCUT2D eigenvalue weighted by Gasteiger charge is -2.07. The molecule has 0 saturated carbocycles. The summed E-state index contributed by atoms with van der Waals surface area (Å²) in [6.07, 6.45) is 1.77. The molecule has 2 aromatic rings. The third kappa shape index (κ3) is 2.10. The van der Waals surface area contributed by atoms with Crippen molar-refractivity contribution in [1.29, 1.82) is 0 Å². The van der Waals surface area contributed by atoms with Crippen molar-refractivity contribution in [2.24, 2.45) is 7.05 Å². The minimum Gasteiger partial charge on any atom is -0.507 e. The molecule has 0 unspecified atom stereocenters. The fourth-order valence-electron chi connectivity index (χ4n) is 2.01. The van der Waals surface area contributed by atoms with Gasteiger partial charge in [-0.15, -0.1) is 0 Å². The standard InChI is InChI=1S/C13H17NO3S/c1-9(2)18(16,17)8-10-7-14(3)11-5-4-6-12(15)13(10)11/h4-7,9,15H,8H2,1-3H3. The quantitative estimate of drug-likeness (QED) is 0.927.